The summed E-state index contributed by atoms with van der Waals surface area (Å²) in [6, 6.07) is 26.7. The lowest BCUT2D eigenvalue weighted by molar-refractivity contribution is -0.170. The molecule has 6 rings (SSSR count). The van der Waals surface area contributed by atoms with E-state index in [4.69, 9.17) is 26.1 Å². The molecule has 4 aromatic rings. The van der Waals surface area contributed by atoms with Crippen molar-refractivity contribution in [1.29, 1.82) is 0 Å². The summed E-state index contributed by atoms with van der Waals surface area (Å²) in [6.45, 7) is 3.56. The van der Waals surface area contributed by atoms with E-state index in [2.05, 4.69) is 59.5 Å². The van der Waals surface area contributed by atoms with E-state index in [0.29, 0.717) is 37.5 Å². The lowest BCUT2D eigenvalue weighted by Crippen LogP contribution is -2.36. The number of carboxylic acid groups (broad SMARTS) is 1. The molecule has 6 nitrogen and oxygen atoms in total. The minimum Gasteiger partial charge on any atom is -0.481 e. The summed E-state index contributed by atoms with van der Waals surface area (Å²) in [7, 11) is 0. The number of hydrogen-bond donors (Lipinski definition) is 1. The molecule has 2 saturated heterocycles. The quantitative estimate of drug-likeness (QED) is 0.225. The second kappa shape index (κ2) is 12.8. The number of aliphatic carboxylic acids is 1. The number of fused-ring (bicyclic) bond motifs is 1. The molecule has 1 N–H and O–H groups in total. The molecule has 0 bridgehead atoms. The molecule has 2 aliphatic rings. The molecule has 3 aromatic carbocycles. The fourth-order valence-electron chi connectivity index (χ4n) is 6.00. The smallest absolute Gasteiger partial charge is 0.306 e. The standard InChI is InChI=1S/C35H35ClN2O4/c36-31-11-9-27-10-13-32(37-33(27)23-31)12-8-25-4-3-7-30(22-25)35(41-20-21-42-35)17-14-26-5-1-2-6-29(26)24-38-18-15-28(16-19-38)34(39)40/h1-13,22-23,28H,14-21,24H2,(H,39,40)/b12-8+. The van der Waals surface area contributed by atoms with Crippen molar-refractivity contribution in [2.75, 3.05) is 26.3 Å². The fraction of sp³-hybridized carbons (Fsp3) is 0.314. The van der Waals surface area contributed by atoms with Crippen LogP contribution in [0.15, 0.2) is 78.9 Å². The predicted molar refractivity (Wildman–Crippen MR) is 166 cm³/mol. The van der Waals surface area contributed by atoms with E-state index < -0.39 is 11.8 Å². The third-order valence-electron chi connectivity index (χ3n) is 8.38. The van der Waals surface area contributed by atoms with Gasteiger partial charge in [0.25, 0.3) is 0 Å². The van der Waals surface area contributed by atoms with Crippen LogP contribution in [0.1, 0.15) is 47.2 Å². The first-order valence-electron chi connectivity index (χ1n) is 14.6. The van der Waals surface area contributed by atoms with E-state index in [-0.39, 0.29) is 5.92 Å². The predicted octanol–water partition coefficient (Wildman–Crippen LogP) is 7.19. The minimum atomic E-state index is -0.797. The Hall–Kier alpha value is -3.55. The van der Waals surface area contributed by atoms with Crippen LogP contribution in [0.25, 0.3) is 23.1 Å². The first-order chi connectivity index (χ1) is 20.5. The van der Waals surface area contributed by atoms with Crippen LogP contribution in [0.3, 0.4) is 0 Å². The molecular formula is C35H35ClN2O4. The zero-order chi connectivity index (χ0) is 28.9. The molecular weight excluding hydrogens is 548 g/mol. The van der Waals surface area contributed by atoms with Gasteiger partial charge in [0.05, 0.1) is 30.3 Å². The number of piperidine rings is 1. The molecule has 3 heterocycles. The summed E-state index contributed by atoms with van der Waals surface area (Å²) >= 11 is 6.17. The maximum Gasteiger partial charge on any atom is 0.306 e. The zero-order valence-electron chi connectivity index (χ0n) is 23.5. The Morgan fingerprint density at radius 3 is 2.50 bits per heavy atom. The molecule has 0 radical (unpaired) electrons. The van der Waals surface area contributed by atoms with Crippen molar-refractivity contribution in [3.63, 3.8) is 0 Å². The van der Waals surface area contributed by atoms with Crippen LogP contribution in [0, 0.1) is 5.92 Å². The van der Waals surface area contributed by atoms with Crippen LogP contribution in [-0.4, -0.2) is 47.3 Å². The number of halogens is 1. The Kier molecular flexibility index (Phi) is 8.68. The highest BCUT2D eigenvalue weighted by Crippen LogP contribution is 2.37. The third-order valence-corrected chi connectivity index (χ3v) is 8.61. The lowest BCUT2D eigenvalue weighted by Gasteiger charge is -2.31. The summed E-state index contributed by atoms with van der Waals surface area (Å²) in [6.07, 6.45) is 7.00. The molecule has 0 atom stereocenters. The van der Waals surface area contributed by atoms with Gasteiger partial charge in [-0.2, -0.15) is 0 Å². The molecule has 42 heavy (non-hydrogen) atoms. The number of benzene rings is 3. The van der Waals surface area contributed by atoms with Crippen molar-refractivity contribution in [1.82, 2.24) is 9.88 Å². The monoisotopic (exact) mass is 582 g/mol. The molecule has 1 aromatic heterocycles. The van der Waals surface area contributed by atoms with E-state index in [0.717, 1.165) is 53.8 Å². The Bertz CT molecular complexity index is 1590. The lowest BCUT2D eigenvalue weighted by atomic mass is 9.93. The van der Waals surface area contributed by atoms with Gasteiger partial charge in [-0.05, 0) is 79.4 Å². The van der Waals surface area contributed by atoms with Gasteiger partial charge in [-0.1, -0.05) is 72.3 Å². The Balaban J connectivity index is 1.16. The number of carboxylic acids is 1. The van der Waals surface area contributed by atoms with E-state index in [1.54, 1.807) is 0 Å². The summed E-state index contributed by atoms with van der Waals surface area (Å²) in [5.41, 5.74) is 6.34. The molecule has 7 heteroatoms. The second-order valence-corrected chi connectivity index (χ2v) is 11.6. The van der Waals surface area contributed by atoms with Crippen molar-refractivity contribution in [2.24, 2.45) is 5.92 Å². The summed E-state index contributed by atoms with van der Waals surface area (Å²) < 4.78 is 12.6. The average molecular weight is 583 g/mol. The van der Waals surface area contributed by atoms with Gasteiger partial charge < -0.3 is 14.6 Å². The van der Waals surface area contributed by atoms with Crippen LogP contribution in [0.2, 0.25) is 5.02 Å². The molecule has 0 amide bonds. The number of carbonyl (C=O) groups is 1. The third kappa shape index (κ3) is 6.58. The van der Waals surface area contributed by atoms with Gasteiger partial charge >= 0.3 is 5.97 Å². The van der Waals surface area contributed by atoms with Gasteiger partial charge in [-0.25, -0.2) is 4.98 Å². The highest BCUT2D eigenvalue weighted by molar-refractivity contribution is 6.31. The van der Waals surface area contributed by atoms with Crippen molar-refractivity contribution < 1.29 is 19.4 Å². The molecule has 0 aliphatic carbocycles. The van der Waals surface area contributed by atoms with E-state index in [1.165, 1.54) is 11.1 Å². The average Bonchev–Trinajstić information content (AvgIpc) is 3.50. The van der Waals surface area contributed by atoms with Gasteiger partial charge in [-0.3, -0.25) is 9.69 Å². The number of nitrogens with zero attached hydrogens (tertiary/aromatic N) is 2. The minimum absolute atomic E-state index is 0.221. The molecule has 0 unspecified atom stereocenters. The van der Waals surface area contributed by atoms with Crippen molar-refractivity contribution in [2.45, 2.75) is 38.0 Å². The summed E-state index contributed by atoms with van der Waals surface area (Å²) in [4.78, 5) is 18.5. The van der Waals surface area contributed by atoms with Crippen LogP contribution < -0.4 is 0 Å². The number of pyridine rings is 1. The van der Waals surface area contributed by atoms with Crippen LogP contribution in [-0.2, 0) is 33.0 Å². The largest absolute Gasteiger partial charge is 0.481 e. The van der Waals surface area contributed by atoms with Gasteiger partial charge in [-0.15, -0.1) is 0 Å². The Morgan fingerprint density at radius 1 is 0.952 bits per heavy atom. The number of aromatic nitrogens is 1. The second-order valence-electron chi connectivity index (χ2n) is 11.1. The molecule has 0 spiro atoms. The summed E-state index contributed by atoms with van der Waals surface area (Å²) in [5.74, 6) is -1.69. The normalized spacial score (nSPS) is 17.7. The van der Waals surface area contributed by atoms with E-state index in [9.17, 15) is 9.90 Å². The van der Waals surface area contributed by atoms with Crippen molar-refractivity contribution in [3.05, 3.63) is 112 Å². The number of aryl methyl sites for hydroxylation is 1. The fourth-order valence-corrected chi connectivity index (χ4v) is 6.17. The molecule has 2 fully saturated rings. The molecule has 2 aliphatic heterocycles. The first kappa shape index (κ1) is 28.6. The SMILES string of the molecule is O=C(O)C1CCN(Cc2ccccc2CCC2(c3cccc(/C=C/c4ccc5ccc(Cl)cc5n4)c3)OCCO2)CC1. The number of ether oxygens (including phenoxy) is 2. The van der Waals surface area contributed by atoms with E-state index >= 15 is 0 Å². The Morgan fingerprint density at radius 2 is 1.71 bits per heavy atom. The van der Waals surface area contributed by atoms with Crippen LogP contribution >= 0.6 is 11.6 Å². The number of rotatable bonds is 9. The number of likely N-dealkylation sites (tertiary alicyclic amines) is 1. The van der Waals surface area contributed by atoms with E-state index in [1.807, 2.05) is 36.4 Å². The van der Waals surface area contributed by atoms with Gasteiger partial charge in [0, 0.05) is 28.9 Å². The topological polar surface area (TPSA) is 71.9 Å². The van der Waals surface area contributed by atoms with Crippen molar-refractivity contribution in [3.8, 4) is 0 Å². The van der Waals surface area contributed by atoms with Gasteiger partial charge in [0.2, 0.25) is 0 Å². The highest BCUT2D eigenvalue weighted by atomic mass is 35.5. The summed E-state index contributed by atoms with van der Waals surface area (Å²) in [5, 5.41) is 11.1. The highest BCUT2D eigenvalue weighted by Gasteiger charge is 2.38. The van der Waals surface area contributed by atoms with Crippen molar-refractivity contribution >= 4 is 40.6 Å². The van der Waals surface area contributed by atoms with Crippen LogP contribution in [0.5, 0.6) is 0 Å². The van der Waals surface area contributed by atoms with Gasteiger partial charge in [0.15, 0.2) is 5.79 Å². The zero-order valence-corrected chi connectivity index (χ0v) is 24.3. The van der Waals surface area contributed by atoms with Gasteiger partial charge in [0.1, 0.15) is 0 Å². The maximum atomic E-state index is 11.4. The molecule has 0 saturated carbocycles. The number of hydrogen-bond acceptors (Lipinski definition) is 5. The Labute approximate surface area is 251 Å². The molecule has 216 valence electrons. The maximum absolute atomic E-state index is 11.4. The first-order valence-corrected chi connectivity index (χ1v) is 15.0. The van der Waals surface area contributed by atoms with Crippen LogP contribution in [0.4, 0.5) is 0 Å².